The zero-order chi connectivity index (χ0) is 13.0. The maximum atomic E-state index is 5.95. The van der Waals surface area contributed by atoms with E-state index in [1.807, 2.05) is 0 Å². The molecular formula is C13H22ClN3S. The van der Waals surface area contributed by atoms with Gasteiger partial charge in [0, 0.05) is 6.04 Å². The third-order valence-corrected chi connectivity index (χ3v) is 5.01. The molecule has 18 heavy (non-hydrogen) atoms. The second kappa shape index (κ2) is 6.85. The molecule has 2 N–H and O–H groups in total. The van der Waals surface area contributed by atoms with Crippen molar-refractivity contribution in [1.29, 1.82) is 0 Å². The molecule has 2 rings (SSSR count). The van der Waals surface area contributed by atoms with Crippen LogP contribution in [0.4, 0.5) is 0 Å². The average Bonchev–Trinajstić information content (AvgIpc) is 2.81. The van der Waals surface area contributed by atoms with Gasteiger partial charge in [-0.3, -0.25) is 4.90 Å². The highest BCUT2D eigenvalue weighted by atomic mass is 35.5. The third-order valence-electron chi connectivity index (χ3n) is 3.91. The maximum absolute atomic E-state index is 5.95. The van der Waals surface area contributed by atoms with Crippen molar-refractivity contribution in [2.75, 3.05) is 13.1 Å². The number of halogens is 1. The summed E-state index contributed by atoms with van der Waals surface area (Å²) in [7, 11) is 0. The van der Waals surface area contributed by atoms with Gasteiger partial charge in [-0.25, -0.2) is 4.98 Å². The summed E-state index contributed by atoms with van der Waals surface area (Å²) in [6.45, 7) is 4.99. The molecule has 2 unspecified atom stereocenters. The number of nitrogens with two attached hydrogens (primary N) is 1. The minimum Gasteiger partial charge on any atom is -0.330 e. The van der Waals surface area contributed by atoms with Gasteiger partial charge in [-0.15, -0.1) is 11.3 Å². The van der Waals surface area contributed by atoms with Gasteiger partial charge in [0.15, 0.2) is 0 Å². The number of hydrogen-bond acceptors (Lipinski definition) is 4. The fourth-order valence-corrected chi connectivity index (χ4v) is 3.92. The van der Waals surface area contributed by atoms with E-state index in [9.17, 15) is 0 Å². The quantitative estimate of drug-likeness (QED) is 0.905. The molecule has 0 radical (unpaired) electrons. The maximum Gasteiger partial charge on any atom is 0.113 e. The molecule has 102 valence electrons. The van der Waals surface area contributed by atoms with Crippen LogP contribution in [0, 0.1) is 5.92 Å². The monoisotopic (exact) mass is 287 g/mol. The lowest BCUT2D eigenvalue weighted by Crippen LogP contribution is -2.44. The fourth-order valence-electron chi connectivity index (χ4n) is 2.94. The van der Waals surface area contributed by atoms with E-state index in [0.29, 0.717) is 12.0 Å². The van der Waals surface area contributed by atoms with E-state index < -0.39 is 0 Å². The van der Waals surface area contributed by atoms with Crippen molar-refractivity contribution >= 4 is 22.9 Å². The molecule has 0 saturated heterocycles. The van der Waals surface area contributed by atoms with Crippen molar-refractivity contribution in [3.05, 3.63) is 15.5 Å². The summed E-state index contributed by atoms with van der Waals surface area (Å²) >= 11 is 7.53. The van der Waals surface area contributed by atoms with Crippen LogP contribution in [0.5, 0.6) is 0 Å². The second-order valence-electron chi connectivity index (χ2n) is 4.97. The van der Waals surface area contributed by atoms with Crippen LogP contribution in [-0.2, 0) is 6.54 Å². The predicted molar refractivity (Wildman–Crippen MR) is 78.0 cm³/mol. The first kappa shape index (κ1) is 14.3. The lowest BCUT2D eigenvalue weighted by molar-refractivity contribution is 0.105. The van der Waals surface area contributed by atoms with Crippen molar-refractivity contribution < 1.29 is 0 Å². The lowest BCUT2D eigenvalue weighted by Gasteiger charge is -2.38. The Hall–Kier alpha value is -0.160. The molecule has 0 aliphatic heterocycles. The molecule has 1 aliphatic carbocycles. The first-order valence-corrected chi connectivity index (χ1v) is 7.98. The summed E-state index contributed by atoms with van der Waals surface area (Å²) in [5.74, 6) is 0.647. The van der Waals surface area contributed by atoms with E-state index in [4.69, 9.17) is 17.3 Å². The van der Waals surface area contributed by atoms with Crippen molar-refractivity contribution in [3.8, 4) is 0 Å². The Morgan fingerprint density at radius 2 is 2.28 bits per heavy atom. The van der Waals surface area contributed by atoms with E-state index in [2.05, 4.69) is 16.8 Å². The number of aromatic nitrogens is 1. The Labute approximate surface area is 118 Å². The summed E-state index contributed by atoms with van der Waals surface area (Å²) in [6.07, 6.45) is 6.96. The third kappa shape index (κ3) is 3.44. The van der Waals surface area contributed by atoms with E-state index in [1.165, 1.54) is 25.7 Å². The Balaban J connectivity index is 2.02. The molecule has 0 amide bonds. The molecule has 0 aromatic carbocycles. The number of hydrogen-bond donors (Lipinski definition) is 1. The Morgan fingerprint density at radius 3 is 2.89 bits per heavy atom. The summed E-state index contributed by atoms with van der Waals surface area (Å²) < 4.78 is 0.778. The highest BCUT2D eigenvalue weighted by Crippen LogP contribution is 2.29. The minimum absolute atomic E-state index is 0.622. The molecule has 3 nitrogen and oxygen atoms in total. The van der Waals surface area contributed by atoms with Crippen LogP contribution in [0.3, 0.4) is 0 Å². The highest BCUT2D eigenvalue weighted by molar-refractivity contribution is 7.15. The molecule has 1 fully saturated rings. The second-order valence-corrected chi connectivity index (χ2v) is 6.72. The molecule has 1 aromatic rings. The average molecular weight is 288 g/mol. The first-order valence-electron chi connectivity index (χ1n) is 6.79. The largest absolute Gasteiger partial charge is 0.330 e. The van der Waals surface area contributed by atoms with Gasteiger partial charge in [0.1, 0.15) is 9.34 Å². The highest BCUT2D eigenvalue weighted by Gasteiger charge is 2.28. The lowest BCUT2D eigenvalue weighted by atomic mass is 9.83. The molecular weight excluding hydrogens is 266 g/mol. The summed E-state index contributed by atoms with van der Waals surface area (Å²) in [5, 5.41) is 1.11. The van der Waals surface area contributed by atoms with Crippen LogP contribution in [0.1, 0.15) is 37.6 Å². The molecule has 1 heterocycles. The molecule has 5 heteroatoms. The van der Waals surface area contributed by atoms with Gasteiger partial charge >= 0.3 is 0 Å². The zero-order valence-corrected chi connectivity index (χ0v) is 12.5. The van der Waals surface area contributed by atoms with Crippen molar-refractivity contribution in [2.45, 2.75) is 45.2 Å². The zero-order valence-electron chi connectivity index (χ0n) is 10.9. The van der Waals surface area contributed by atoms with Gasteiger partial charge in [-0.2, -0.15) is 0 Å². The fraction of sp³-hybridized carbons (Fsp3) is 0.769. The van der Waals surface area contributed by atoms with Crippen molar-refractivity contribution in [2.24, 2.45) is 11.7 Å². The van der Waals surface area contributed by atoms with E-state index in [0.717, 1.165) is 29.0 Å². The normalized spacial score (nSPS) is 24.7. The summed E-state index contributed by atoms with van der Waals surface area (Å²) in [6, 6.07) is 0.622. The van der Waals surface area contributed by atoms with Crippen LogP contribution >= 0.6 is 22.9 Å². The van der Waals surface area contributed by atoms with E-state index >= 15 is 0 Å². The molecule has 2 atom stereocenters. The Bertz CT molecular complexity index is 369. The van der Waals surface area contributed by atoms with Gasteiger partial charge in [0.2, 0.25) is 0 Å². The molecule has 1 aromatic heterocycles. The molecule has 1 saturated carbocycles. The van der Waals surface area contributed by atoms with Crippen LogP contribution in [0.15, 0.2) is 6.20 Å². The standard InChI is InChI=1S/C13H22ClN3S/c1-2-17(9-13-16-8-12(14)18-13)11-6-4-3-5-10(11)7-15/h8,10-11H,2-7,9,15H2,1H3. The van der Waals surface area contributed by atoms with Gasteiger partial charge in [0.25, 0.3) is 0 Å². The van der Waals surface area contributed by atoms with Crippen LogP contribution < -0.4 is 5.73 Å². The van der Waals surface area contributed by atoms with Gasteiger partial charge in [-0.1, -0.05) is 31.4 Å². The number of rotatable bonds is 5. The molecule has 1 aliphatic rings. The molecule has 0 bridgehead atoms. The van der Waals surface area contributed by atoms with Gasteiger partial charge in [0.05, 0.1) is 12.7 Å². The van der Waals surface area contributed by atoms with Crippen molar-refractivity contribution in [1.82, 2.24) is 9.88 Å². The Kier molecular flexibility index (Phi) is 5.42. The van der Waals surface area contributed by atoms with Gasteiger partial charge < -0.3 is 5.73 Å². The van der Waals surface area contributed by atoms with E-state index in [-0.39, 0.29) is 0 Å². The SMILES string of the molecule is CCN(Cc1ncc(Cl)s1)C1CCCCC1CN. The predicted octanol–water partition coefficient (Wildman–Crippen LogP) is 3.14. The topological polar surface area (TPSA) is 42.2 Å². The summed E-state index contributed by atoms with van der Waals surface area (Å²) in [4.78, 5) is 6.88. The van der Waals surface area contributed by atoms with Crippen LogP contribution in [-0.4, -0.2) is 29.0 Å². The summed E-state index contributed by atoms with van der Waals surface area (Å²) in [5.41, 5.74) is 5.92. The number of thiazole rings is 1. The minimum atomic E-state index is 0.622. The van der Waals surface area contributed by atoms with E-state index in [1.54, 1.807) is 17.5 Å². The smallest absolute Gasteiger partial charge is 0.113 e. The Morgan fingerprint density at radius 1 is 1.50 bits per heavy atom. The van der Waals surface area contributed by atoms with Gasteiger partial charge in [-0.05, 0) is 31.8 Å². The first-order chi connectivity index (χ1) is 8.74. The van der Waals surface area contributed by atoms with Crippen molar-refractivity contribution in [3.63, 3.8) is 0 Å². The number of nitrogens with zero attached hydrogens (tertiary/aromatic N) is 2. The van der Waals surface area contributed by atoms with Crippen LogP contribution in [0.2, 0.25) is 4.34 Å². The van der Waals surface area contributed by atoms with Crippen LogP contribution in [0.25, 0.3) is 0 Å². The molecule has 0 spiro atoms.